The molecule has 0 aliphatic heterocycles. The van der Waals surface area contributed by atoms with Crippen LogP contribution in [0.25, 0.3) is 0 Å². The van der Waals surface area contributed by atoms with Gasteiger partial charge in [-0.25, -0.2) is 0 Å². The van der Waals surface area contributed by atoms with E-state index in [2.05, 4.69) is 47.1 Å². The second-order valence-electron chi connectivity index (χ2n) is 6.69. The van der Waals surface area contributed by atoms with Crippen molar-refractivity contribution in [3.8, 4) is 5.75 Å². The third-order valence-corrected chi connectivity index (χ3v) is 5.56. The fourth-order valence-corrected chi connectivity index (χ4v) is 4.10. The quantitative estimate of drug-likeness (QED) is 0.769. The Morgan fingerprint density at radius 3 is 2.48 bits per heavy atom. The van der Waals surface area contributed by atoms with Crippen molar-refractivity contribution in [3.05, 3.63) is 63.6 Å². The summed E-state index contributed by atoms with van der Waals surface area (Å²) in [5.41, 5.74) is 9.91. The molecule has 1 fully saturated rings. The molecule has 2 nitrogen and oxygen atoms in total. The zero-order valence-corrected chi connectivity index (χ0v) is 15.2. The first kappa shape index (κ1) is 16.5. The summed E-state index contributed by atoms with van der Waals surface area (Å²) in [6, 6.07) is 14.7. The summed E-state index contributed by atoms with van der Waals surface area (Å²) in [6.07, 6.45) is 5.15. The van der Waals surface area contributed by atoms with Crippen LogP contribution in [-0.2, 0) is 18.6 Å². The molecule has 1 saturated carbocycles. The molecule has 0 heterocycles. The molecular weight excluding hydrogens is 350 g/mol. The maximum atomic E-state index is 6.07. The highest BCUT2D eigenvalue weighted by Gasteiger charge is 2.31. The second kappa shape index (κ2) is 7.06. The lowest BCUT2D eigenvalue weighted by Crippen LogP contribution is -2.18. The molecule has 2 N–H and O–H groups in total. The van der Waals surface area contributed by atoms with E-state index in [1.165, 1.54) is 31.2 Å². The molecule has 0 aromatic heterocycles. The van der Waals surface area contributed by atoms with Crippen molar-refractivity contribution in [1.82, 2.24) is 0 Å². The van der Waals surface area contributed by atoms with E-state index in [1.54, 1.807) is 0 Å². The van der Waals surface area contributed by atoms with Crippen LogP contribution in [0.2, 0.25) is 0 Å². The van der Waals surface area contributed by atoms with Gasteiger partial charge in [0.15, 0.2) is 0 Å². The molecule has 2 aromatic carbocycles. The Labute approximate surface area is 147 Å². The zero-order chi connectivity index (χ0) is 16.3. The Balaban J connectivity index is 1.85. The number of nitrogens with two attached hydrogens (primary N) is 1. The molecule has 2 aromatic rings. The Morgan fingerprint density at radius 1 is 1.13 bits per heavy atom. The SMILES string of the molecule is CC1(c2cc(Br)c(OCc3ccccc3)c(CN)c2)CCCC1. The summed E-state index contributed by atoms with van der Waals surface area (Å²) in [5.74, 6) is 0.877. The van der Waals surface area contributed by atoms with E-state index in [1.807, 2.05) is 18.2 Å². The lowest BCUT2D eigenvalue weighted by atomic mass is 9.80. The molecule has 0 saturated heterocycles. The van der Waals surface area contributed by atoms with Crippen molar-refractivity contribution in [3.63, 3.8) is 0 Å². The van der Waals surface area contributed by atoms with Crippen molar-refractivity contribution in [2.45, 2.75) is 51.2 Å². The Hall–Kier alpha value is -1.32. The lowest BCUT2D eigenvalue weighted by Gasteiger charge is -2.26. The minimum absolute atomic E-state index is 0.282. The van der Waals surface area contributed by atoms with Gasteiger partial charge in [0.05, 0.1) is 4.47 Å². The summed E-state index contributed by atoms with van der Waals surface area (Å²) in [4.78, 5) is 0. The molecule has 3 heteroatoms. The standard InChI is InChI=1S/C20H24BrNO/c1-20(9-5-6-10-20)17-11-16(13-22)19(18(21)12-17)23-14-15-7-3-2-4-8-15/h2-4,7-8,11-12H,5-6,9-10,13-14,22H2,1H3. The van der Waals surface area contributed by atoms with Gasteiger partial charge < -0.3 is 10.5 Å². The normalized spacial score (nSPS) is 16.5. The average Bonchev–Trinajstić information content (AvgIpc) is 3.02. The first-order valence-electron chi connectivity index (χ1n) is 8.32. The van der Waals surface area contributed by atoms with Gasteiger partial charge in [0.1, 0.15) is 12.4 Å². The third kappa shape index (κ3) is 3.61. The van der Waals surface area contributed by atoms with Crippen LogP contribution in [0, 0.1) is 0 Å². The maximum Gasteiger partial charge on any atom is 0.138 e. The van der Waals surface area contributed by atoms with Crippen LogP contribution in [0.5, 0.6) is 5.75 Å². The zero-order valence-electron chi connectivity index (χ0n) is 13.6. The molecule has 0 radical (unpaired) electrons. The molecular formula is C20H24BrNO. The molecule has 3 rings (SSSR count). The minimum atomic E-state index is 0.282. The van der Waals surface area contributed by atoms with E-state index >= 15 is 0 Å². The fourth-order valence-electron chi connectivity index (χ4n) is 3.49. The molecule has 1 aliphatic carbocycles. The summed E-state index contributed by atoms with van der Waals surface area (Å²) in [5, 5.41) is 0. The molecule has 122 valence electrons. The van der Waals surface area contributed by atoms with Crippen molar-refractivity contribution in [2.75, 3.05) is 0 Å². The van der Waals surface area contributed by atoms with E-state index in [-0.39, 0.29) is 5.41 Å². The number of hydrogen-bond acceptors (Lipinski definition) is 2. The van der Waals surface area contributed by atoms with Crippen LogP contribution in [0.1, 0.15) is 49.3 Å². The van der Waals surface area contributed by atoms with Gasteiger partial charge in [-0.2, -0.15) is 0 Å². The van der Waals surface area contributed by atoms with Crippen LogP contribution in [-0.4, -0.2) is 0 Å². The van der Waals surface area contributed by atoms with Gasteiger partial charge in [-0.15, -0.1) is 0 Å². The molecule has 0 bridgehead atoms. The lowest BCUT2D eigenvalue weighted by molar-refractivity contribution is 0.300. The van der Waals surface area contributed by atoms with Gasteiger partial charge in [-0.05, 0) is 51.4 Å². The highest BCUT2D eigenvalue weighted by atomic mass is 79.9. The molecule has 23 heavy (non-hydrogen) atoms. The largest absolute Gasteiger partial charge is 0.487 e. The van der Waals surface area contributed by atoms with Crippen LogP contribution in [0.3, 0.4) is 0 Å². The van der Waals surface area contributed by atoms with Crippen LogP contribution in [0.15, 0.2) is 46.9 Å². The van der Waals surface area contributed by atoms with Crippen molar-refractivity contribution >= 4 is 15.9 Å². The third-order valence-electron chi connectivity index (χ3n) is 4.97. The Morgan fingerprint density at radius 2 is 1.83 bits per heavy atom. The predicted molar refractivity (Wildman–Crippen MR) is 98.6 cm³/mol. The first-order valence-corrected chi connectivity index (χ1v) is 9.11. The summed E-state index contributed by atoms with van der Waals surface area (Å²) < 4.78 is 7.08. The maximum absolute atomic E-state index is 6.07. The monoisotopic (exact) mass is 373 g/mol. The minimum Gasteiger partial charge on any atom is -0.487 e. The number of benzene rings is 2. The second-order valence-corrected chi connectivity index (χ2v) is 7.55. The van der Waals surface area contributed by atoms with E-state index in [4.69, 9.17) is 10.5 Å². The van der Waals surface area contributed by atoms with Gasteiger partial charge >= 0.3 is 0 Å². The van der Waals surface area contributed by atoms with E-state index < -0.39 is 0 Å². The molecule has 0 atom stereocenters. The molecule has 1 aliphatic rings. The van der Waals surface area contributed by atoms with Gasteiger partial charge in [0, 0.05) is 12.1 Å². The van der Waals surface area contributed by atoms with Crippen LogP contribution >= 0.6 is 15.9 Å². The van der Waals surface area contributed by atoms with E-state index in [0.29, 0.717) is 13.2 Å². The van der Waals surface area contributed by atoms with Gasteiger partial charge in [-0.1, -0.05) is 56.2 Å². The highest BCUT2D eigenvalue weighted by molar-refractivity contribution is 9.10. The number of rotatable bonds is 5. The van der Waals surface area contributed by atoms with Crippen molar-refractivity contribution in [1.29, 1.82) is 0 Å². The van der Waals surface area contributed by atoms with E-state index in [0.717, 1.165) is 21.3 Å². The Kier molecular flexibility index (Phi) is 5.08. The number of halogens is 1. The van der Waals surface area contributed by atoms with Gasteiger partial charge in [0.25, 0.3) is 0 Å². The highest BCUT2D eigenvalue weighted by Crippen LogP contribution is 2.43. The topological polar surface area (TPSA) is 35.2 Å². The fraction of sp³-hybridized carbons (Fsp3) is 0.400. The molecule has 0 amide bonds. The van der Waals surface area contributed by atoms with Gasteiger partial charge in [-0.3, -0.25) is 0 Å². The van der Waals surface area contributed by atoms with Crippen molar-refractivity contribution in [2.24, 2.45) is 5.73 Å². The predicted octanol–water partition coefficient (Wildman–Crippen LogP) is 5.32. The average molecular weight is 374 g/mol. The summed E-state index contributed by atoms with van der Waals surface area (Å²) in [6.45, 7) is 3.42. The number of ether oxygens (including phenoxy) is 1. The van der Waals surface area contributed by atoms with Crippen LogP contribution in [0.4, 0.5) is 0 Å². The van der Waals surface area contributed by atoms with Crippen LogP contribution < -0.4 is 10.5 Å². The summed E-state index contributed by atoms with van der Waals surface area (Å²) >= 11 is 3.70. The summed E-state index contributed by atoms with van der Waals surface area (Å²) in [7, 11) is 0. The molecule has 0 spiro atoms. The number of hydrogen-bond donors (Lipinski definition) is 1. The smallest absolute Gasteiger partial charge is 0.138 e. The van der Waals surface area contributed by atoms with Gasteiger partial charge in [0.2, 0.25) is 0 Å². The first-order chi connectivity index (χ1) is 11.1. The Bertz CT molecular complexity index is 663. The van der Waals surface area contributed by atoms with Crippen molar-refractivity contribution < 1.29 is 4.74 Å². The van der Waals surface area contributed by atoms with E-state index in [9.17, 15) is 0 Å². The molecule has 0 unspecified atom stereocenters.